The van der Waals surface area contributed by atoms with Gasteiger partial charge in [0.05, 0.1) is 18.8 Å². The van der Waals surface area contributed by atoms with Crippen LogP contribution < -0.4 is 11.2 Å². The summed E-state index contributed by atoms with van der Waals surface area (Å²) in [6.45, 7) is 5.00. The first-order valence-corrected chi connectivity index (χ1v) is 13.1. The van der Waals surface area contributed by atoms with Gasteiger partial charge in [0.15, 0.2) is 11.4 Å². The van der Waals surface area contributed by atoms with Crippen molar-refractivity contribution in [2.75, 3.05) is 20.6 Å². The number of nitrogens with zero attached hydrogens (tertiary/aromatic N) is 6. The first-order chi connectivity index (χ1) is 18.5. The van der Waals surface area contributed by atoms with E-state index in [4.69, 9.17) is 16.7 Å². The van der Waals surface area contributed by atoms with E-state index in [-0.39, 0.29) is 18.2 Å². The van der Waals surface area contributed by atoms with E-state index >= 15 is 0 Å². The zero-order valence-corrected chi connectivity index (χ0v) is 23.7. The number of Topliss-reactive ketones (excluding diaryl/α,β-unsaturated/α-hetero) is 1. The Kier molecular flexibility index (Phi) is 6.86. The number of fused-ring (bicyclic) bond motifs is 2. The zero-order valence-electron chi connectivity index (χ0n) is 22.9. The van der Waals surface area contributed by atoms with Gasteiger partial charge in [-0.2, -0.15) is 5.10 Å². The third-order valence-electron chi connectivity index (χ3n) is 6.85. The molecule has 0 amide bonds. The minimum Gasteiger partial charge on any atom is -0.361 e. The molecule has 0 radical (unpaired) electrons. The molecule has 0 aliphatic rings. The molecule has 4 aromatic heterocycles. The highest BCUT2D eigenvalue weighted by Gasteiger charge is 2.26. The largest absolute Gasteiger partial charge is 0.361 e. The molecule has 0 unspecified atom stereocenters. The second kappa shape index (κ2) is 10.0. The second-order valence-corrected chi connectivity index (χ2v) is 11.2. The highest BCUT2D eigenvalue weighted by atomic mass is 35.5. The summed E-state index contributed by atoms with van der Waals surface area (Å²) in [6.07, 6.45) is 3.66. The Morgan fingerprint density at radius 1 is 1.15 bits per heavy atom. The molecule has 39 heavy (non-hydrogen) atoms. The summed E-state index contributed by atoms with van der Waals surface area (Å²) in [6, 6.07) is 7.42. The summed E-state index contributed by atoms with van der Waals surface area (Å²) in [7, 11) is 7.01. The molecule has 10 nitrogen and oxygen atoms in total. The summed E-state index contributed by atoms with van der Waals surface area (Å²) < 4.78 is 6.28. The second-order valence-electron chi connectivity index (χ2n) is 10.7. The number of halogens is 1. The summed E-state index contributed by atoms with van der Waals surface area (Å²) in [5, 5.41) is 6.75. The molecule has 1 N–H and O–H groups in total. The molecule has 0 aliphatic carbocycles. The van der Waals surface area contributed by atoms with Crippen LogP contribution in [0.15, 0.2) is 46.2 Å². The molecular weight excluding hydrogens is 518 g/mol. The molecule has 0 fully saturated rings. The fourth-order valence-corrected chi connectivity index (χ4v) is 5.21. The van der Waals surface area contributed by atoms with Gasteiger partial charge < -0.3 is 14.5 Å². The van der Waals surface area contributed by atoms with Crippen molar-refractivity contribution in [3.05, 3.63) is 73.6 Å². The lowest BCUT2D eigenvalue weighted by atomic mass is 10.1. The predicted molar refractivity (Wildman–Crippen MR) is 154 cm³/mol. The van der Waals surface area contributed by atoms with Crippen molar-refractivity contribution in [3.63, 3.8) is 0 Å². The van der Waals surface area contributed by atoms with E-state index in [1.54, 1.807) is 21.5 Å². The van der Waals surface area contributed by atoms with Crippen LogP contribution in [0.4, 0.5) is 0 Å². The van der Waals surface area contributed by atoms with Crippen molar-refractivity contribution < 1.29 is 4.79 Å². The Labute approximate surface area is 230 Å². The minimum absolute atomic E-state index is 0.0342. The maximum Gasteiger partial charge on any atom is 0.332 e. The van der Waals surface area contributed by atoms with Crippen LogP contribution >= 0.6 is 11.6 Å². The number of H-pyrrole nitrogens is 1. The number of aromatic nitrogens is 6. The first-order valence-electron chi connectivity index (χ1n) is 12.8. The van der Waals surface area contributed by atoms with Gasteiger partial charge in [0.1, 0.15) is 11.1 Å². The number of aromatic amines is 1. The van der Waals surface area contributed by atoms with E-state index in [1.165, 1.54) is 7.05 Å². The fourth-order valence-electron chi connectivity index (χ4n) is 5.04. The summed E-state index contributed by atoms with van der Waals surface area (Å²) in [5.41, 5.74) is 3.08. The topological polar surface area (TPSA) is 103 Å². The van der Waals surface area contributed by atoms with Crippen molar-refractivity contribution in [1.82, 2.24) is 33.4 Å². The van der Waals surface area contributed by atoms with Crippen LogP contribution in [-0.4, -0.2) is 59.8 Å². The molecule has 11 heteroatoms. The van der Waals surface area contributed by atoms with Crippen LogP contribution in [0.2, 0.25) is 5.02 Å². The molecule has 1 aromatic carbocycles. The number of hydrogen-bond acceptors (Lipinski definition) is 5. The Balaban J connectivity index is 1.80. The number of carbonyl (C=O) groups is 1. The van der Waals surface area contributed by atoms with Gasteiger partial charge in [0.25, 0.3) is 5.56 Å². The van der Waals surface area contributed by atoms with Crippen LogP contribution in [-0.2, 0) is 27.2 Å². The minimum atomic E-state index is -0.430. The van der Waals surface area contributed by atoms with E-state index in [2.05, 4.69) is 4.98 Å². The third-order valence-corrected chi connectivity index (χ3v) is 7.09. The monoisotopic (exact) mass is 549 g/mol. The first kappa shape index (κ1) is 26.7. The van der Waals surface area contributed by atoms with Gasteiger partial charge in [-0.25, -0.2) is 4.79 Å². The van der Waals surface area contributed by atoms with E-state index in [0.717, 1.165) is 21.0 Å². The van der Waals surface area contributed by atoms with Crippen LogP contribution in [0.3, 0.4) is 0 Å². The SMILES string of the molecule is CC(C)Cn1c(=O)n(C)c(=O)c2c(-c3cc(C(=O)CN(C)C)cn3C)n(Cc3c[nH]c4ccc(Cl)cc34)nc21. The smallest absolute Gasteiger partial charge is 0.332 e. The summed E-state index contributed by atoms with van der Waals surface area (Å²) >= 11 is 6.30. The lowest BCUT2D eigenvalue weighted by Gasteiger charge is -2.11. The maximum atomic E-state index is 13.6. The van der Waals surface area contributed by atoms with E-state index < -0.39 is 11.2 Å². The molecule has 0 aliphatic heterocycles. The predicted octanol–water partition coefficient (Wildman–Crippen LogP) is 3.49. The number of benzene rings is 1. The molecule has 0 bridgehead atoms. The molecule has 4 heterocycles. The van der Waals surface area contributed by atoms with Gasteiger partial charge >= 0.3 is 5.69 Å². The molecule has 0 saturated carbocycles. The van der Waals surface area contributed by atoms with Gasteiger partial charge in [-0.1, -0.05) is 25.4 Å². The molecule has 0 saturated heterocycles. The molecule has 0 spiro atoms. The number of hydrogen-bond donors (Lipinski definition) is 1. The number of rotatable bonds is 8. The Morgan fingerprint density at radius 2 is 1.90 bits per heavy atom. The highest BCUT2D eigenvalue weighted by molar-refractivity contribution is 6.31. The lowest BCUT2D eigenvalue weighted by molar-refractivity contribution is 0.0958. The van der Waals surface area contributed by atoms with Crippen LogP contribution in [0.25, 0.3) is 33.3 Å². The molecule has 0 atom stereocenters. The Bertz CT molecular complexity index is 1850. The van der Waals surface area contributed by atoms with E-state index in [0.29, 0.717) is 46.1 Å². The normalized spacial score (nSPS) is 12.0. The fraction of sp³-hybridized carbons (Fsp3) is 0.357. The van der Waals surface area contributed by atoms with Crippen molar-refractivity contribution in [1.29, 1.82) is 0 Å². The standard InChI is InChI=1S/C28H32ClN7O3/c1-16(2)12-35-26-24(27(38)34(6)28(35)39)25(22-9-17(13-33(22)5)23(37)15-32(3)4)36(31-26)14-18-11-30-21-8-7-19(29)10-20(18)21/h7-11,13,16,30H,12,14-15H2,1-6H3. The number of carbonyl (C=O) groups excluding carboxylic acids is 1. The molecular formula is C28H32ClN7O3. The van der Waals surface area contributed by atoms with Gasteiger partial charge in [0.2, 0.25) is 0 Å². The average molecular weight is 550 g/mol. The summed E-state index contributed by atoms with van der Waals surface area (Å²) in [4.78, 5) is 44.8. The summed E-state index contributed by atoms with van der Waals surface area (Å²) in [5.74, 6) is 0.117. The zero-order chi connectivity index (χ0) is 28.2. The van der Waals surface area contributed by atoms with Crippen molar-refractivity contribution in [2.24, 2.45) is 20.0 Å². The van der Waals surface area contributed by atoms with Gasteiger partial charge in [0, 0.05) is 54.5 Å². The van der Waals surface area contributed by atoms with Crippen molar-refractivity contribution >= 4 is 39.3 Å². The van der Waals surface area contributed by atoms with Crippen LogP contribution in [0.1, 0.15) is 29.8 Å². The molecule has 5 rings (SSSR count). The number of nitrogens with one attached hydrogen (secondary N) is 1. The van der Waals surface area contributed by atoms with Crippen LogP contribution in [0, 0.1) is 5.92 Å². The molecule has 204 valence electrons. The third kappa shape index (κ3) is 4.74. The van der Waals surface area contributed by atoms with E-state index in [9.17, 15) is 14.4 Å². The van der Waals surface area contributed by atoms with Crippen molar-refractivity contribution in [3.8, 4) is 11.4 Å². The van der Waals surface area contributed by atoms with E-state index in [1.807, 2.05) is 68.9 Å². The van der Waals surface area contributed by atoms with Gasteiger partial charge in [-0.05, 0) is 49.8 Å². The van der Waals surface area contributed by atoms with Crippen molar-refractivity contribution in [2.45, 2.75) is 26.9 Å². The lowest BCUT2D eigenvalue weighted by Crippen LogP contribution is -2.38. The Hall–Kier alpha value is -3.89. The maximum absolute atomic E-state index is 13.6. The number of ketones is 1. The quantitative estimate of drug-likeness (QED) is 0.298. The molecule has 5 aromatic rings. The number of likely N-dealkylation sites (N-methyl/N-ethyl adjacent to an activating group) is 1. The number of aryl methyl sites for hydroxylation is 1. The highest BCUT2D eigenvalue weighted by Crippen LogP contribution is 2.30. The van der Waals surface area contributed by atoms with Gasteiger partial charge in [-0.15, -0.1) is 0 Å². The Morgan fingerprint density at radius 3 is 2.59 bits per heavy atom. The van der Waals surface area contributed by atoms with Gasteiger partial charge in [-0.3, -0.25) is 23.4 Å². The van der Waals surface area contributed by atoms with Crippen LogP contribution in [0.5, 0.6) is 0 Å². The average Bonchev–Trinajstić information content (AvgIpc) is 3.55.